The number of hydrogen-bond acceptors (Lipinski definition) is 3. The van der Waals surface area contributed by atoms with Crippen LogP contribution in [0, 0.1) is 5.82 Å². The van der Waals surface area contributed by atoms with E-state index in [0.29, 0.717) is 10.6 Å². The van der Waals surface area contributed by atoms with Gasteiger partial charge in [-0.25, -0.2) is 4.39 Å². The molecule has 4 nitrogen and oxygen atoms in total. The highest BCUT2D eigenvalue weighted by Crippen LogP contribution is 2.39. The van der Waals surface area contributed by atoms with Crippen molar-refractivity contribution >= 4 is 29.1 Å². The summed E-state index contributed by atoms with van der Waals surface area (Å²) < 4.78 is 14.2. The van der Waals surface area contributed by atoms with Gasteiger partial charge in [0.15, 0.2) is 0 Å². The molecule has 1 fully saturated rings. The third kappa shape index (κ3) is 2.57. The summed E-state index contributed by atoms with van der Waals surface area (Å²) >= 11 is 5.82. The smallest absolute Gasteiger partial charge is 0.295 e. The first kappa shape index (κ1) is 16.2. The van der Waals surface area contributed by atoms with Crippen LogP contribution in [0.1, 0.15) is 17.2 Å². The van der Waals surface area contributed by atoms with Crippen LogP contribution >= 0.6 is 11.6 Å². The van der Waals surface area contributed by atoms with E-state index in [1.807, 2.05) is 0 Å². The molecule has 0 bridgehead atoms. The summed E-state index contributed by atoms with van der Waals surface area (Å²) in [5.74, 6) is -2.56. The van der Waals surface area contributed by atoms with Gasteiger partial charge in [-0.05, 0) is 30.3 Å². The van der Waals surface area contributed by atoms with E-state index in [0.717, 1.165) is 4.90 Å². The van der Waals surface area contributed by atoms with E-state index in [-0.39, 0.29) is 16.9 Å². The van der Waals surface area contributed by atoms with Gasteiger partial charge in [0.2, 0.25) is 0 Å². The number of carbonyl (C=O) groups excluding carboxylic acids is 2. The minimum Gasteiger partial charge on any atom is -0.507 e. The van der Waals surface area contributed by atoms with Crippen molar-refractivity contribution < 1.29 is 19.1 Å². The molecule has 2 aromatic rings. The van der Waals surface area contributed by atoms with Crippen LogP contribution < -0.4 is 0 Å². The number of hydrogen-bond donors (Lipinski definition) is 1. The number of aliphatic hydroxyl groups excluding tert-OH is 1. The second-order valence-electron chi connectivity index (χ2n) is 5.44. The van der Waals surface area contributed by atoms with Gasteiger partial charge in [-0.2, -0.15) is 0 Å². The zero-order chi connectivity index (χ0) is 17.4. The van der Waals surface area contributed by atoms with Crippen molar-refractivity contribution in [3.05, 3.63) is 76.1 Å². The van der Waals surface area contributed by atoms with Crippen molar-refractivity contribution in [2.75, 3.05) is 7.05 Å². The Hall–Kier alpha value is -2.66. The Labute approximate surface area is 142 Å². The van der Waals surface area contributed by atoms with Gasteiger partial charge in [0.25, 0.3) is 11.7 Å². The number of benzene rings is 2. The first-order valence-corrected chi connectivity index (χ1v) is 7.54. The van der Waals surface area contributed by atoms with Crippen molar-refractivity contribution in [2.24, 2.45) is 0 Å². The summed E-state index contributed by atoms with van der Waals surface area (Å²) in [6.07, 6.45) is 0. The number of Topliss-reactive ketones (excluding diaryl/α,β-unsaturated/α-hetero) is 1. The van der Waals surface area contributed by atoms with Crippen LogP contribution in [0.15, 0.2) is 54.1 Å². The van der Waals surface area contributed by atoms with Gasteiger partial charge in [-0.3, -0.25) is 9.59 Å². The maximum Gasteiger partial charge on any atom is 0.295 e. The number of rotatable bonds is 2. The summed E-state index contributed by atoms with van der Waals surface area (Å²) in [7, 11) is 1.40. The third-order valence-electron chi connectivity index (χ3n) is 3.99. The molecular formula is C18H13ClFNO3. The Bertz CT molecular complexity index is 861. The number of likely N-dealkylation sites (N-methyl/N-ethyl adjacent to an activating group) is 1. The standard InChI is InChI=1S/C18H13ClFNO3/c1-21-15(12-4-2-3-5-13(12)20)14(17(23)18(21)24)16(22)10-6-8-11(19)9-7-10/h2-9,15,22H,1H3/b16-14+/t15-/m1/s1. The zero-order valence-corrected chi connectivity index (χ0v) is 13.4. The normalized spacial score (nSPS) is 19.8. The Morgan fingerprint density at radius 1 is 1.12 bits per heavy atom. The van der Waals surface area contributed by atoms with Crippen LogP contribution in [0.25, 0.3) is 5.76 Å². The third-order valence-corrected chi connectivity index (χ3v) is 4.24. The van der Waals surface area contributed by atoms with E-state index >= 15 is 0 Å². The maximum absolute atomic E-state index is 14.2. The molecule has 2 aromatic carbocycles. The molecule has 6 heteroatoms. The van der Waals surface area contributed by atoms with Crippen molar-refractivity contribution in [1.29, 1.82) is 0 Å². The van der Waals surface area contributed by atoms with Crippen LogP contribution in [0.5, 0.6) is 0 Å². The van der Waals surface area contributed by atoms with Crippen molar-refractivity contribution in [3.63, 3.8) is 0 Å². The van der Waals surface area contributed by atoms with Crippen LogP contribution in [-0.2, 0) is 9.59 Å². The monoisotopic (exact) mass is 345 g/mol. The molecule has 0 spiro atoms. The maximum atomic E-state index is 14.2. The van der Waals surface area contributed by atoms with Gasteiger partial charge in [-0.15, -0.1) is 0 Å². The number of nitrogens with zero attached hydrogens (tertiary/aromatic N) is 1. The minimum atomic E-state index is -0.984. The molecule has 1 heterocycles. The van der Waals surface area contributed by atoms with E-state index < -0.39 is 23.5 Å². The topological polar surface area (TPSA) is 57.6 Å². The van der Waals surface area contributed by atoms with Gasteiger partial charge in [0.1, 0.15) is 11.6 Å². The Kier molecular flexibility index (Phi) is 4.11. The SMILES string of the molecule is CN1C(=O)C(=O)/C(=C(/O)c2ccc(Cl)cc2)[C@H]1c1ccccc1F. The number of aliphatic hydroxyl groups is 1. The summed E-state index contributed by atoms with van der Waals surface area (Å²) in [6, 6.07) is 11.0. The van der Waals surface area contributed by atoms with E-state index in [4.69, 9.17) is 11.6 Å². The molecule has 1 amide bonds. The number of amides is 1. The molecule has 0 aliphatic carbocycles. The quantitative estimate of drug-likeness (QED) is 0.514. The summed E-state index contributed by atoms with van der Waals surface area (Å²) in [4.78, 5) is 25.6. The average molecular weight is 346 g/mol. The highest BCUT2D eigenvalue weighted by atomic mass is 35.5. The lowest BCUT2D eigenvalue weighted by molar-refractivity contribution is -0.139. The molecule has 0 aromatic heterocycles. The molecule has 0 saturated carbocycles. The molecule has 1 N–H and O–H groups in total. The summed E-state index contributed by atoms with van der Waals surface area (Å²) in [5.41, 5.74) is 0.330. The molecule has 1 saturated heterocycles. The summed E-state index contributed by atoms with van der Waals surface area (Å²) in [6.45, 7) is 0. The molecule has 122 valence electrons. The van der Waals surface area contributed by atoms with E-state index in [9.17, 15) is 19.1 Å². The number of carbonyl (C=O) groups is 2. The molecular weight excluding hydrogens is 333 g/mol. The zero-order valence-electron chi connectivity index (χ0n) is 12.7. The van der Waals surface area contributed by atoms with Crippen LogP contribution in [0.4, 0.5) is 4.39 Å². The molecule has 1 aliphatic rings. The summed E-state index contributed by atoms with van der Waals surface area (Å²) in [5, 5.41) is 11.0. The fourth-order valence-corrected chi connectivity index (χ4v) is 2.90. The molecule has 24 heavy (non-hydrogen) atoms. The van der Waals surface area contributed by atoms with E-state index in [1.165, 1.54) is 37.4 Å². The predicted octanol–water partition coefficient (Wildman–Crippen LogP) is 3.53. The molecule has 0 radical (unpaired) electrons. The molecule has 1 atom stereocenters. The van der Waals surface area contributed by atoms with Gasteiger partial charge in [-0.1, -0.05) is 29.8 Å². The Morgan fingerprint density at radius 2 is 1.75 bits per heavy atom. The number of halogens is 2. The Morgan fingerprint density at radius 3 is 2.38 bits per heavy atom. The van der Waals surface area contributed by atoms with E-state index in [1.54, 1.807) is 18.2 Å². The minimum absolute atomic E-state index is 0.144. The van der Waals surface area contributed by atoms with Crippen molar-refractivity contribution in [1.82, 2.24) is 4.90 Å². The van der Waals surface area contributed by atoms with Gasteiger partial charge >= 0.3 is 0 Å². The predicted molar refractivity (Wildman–Crippen MR) is 87.9 cm³/mol. The van der Waals surface area contributed by atoms with Crippen molar-refractivity contribution in [2.45, 2.75) is 6.04 Å². The first-order chi connectivity index (χ1) is 11.4. The Balaban J connectivity index is 2.20. The molecule has 1 aliphatic heterocycles. The number of likely N-dealkylation sites (tertiary alicyclic amines) is 1. The fourth-order valence-electron chi connectivity index (χ4n) is 2.77. The first-order valence-electron chi connectivity index (χ1n) is 7.16. The van der Waals surface area contributed by atoms with Gasteiger partial charge in [0.05, 0.1) is 11.6 Å². The van der Waals surface area contributed by atoms with Crippen LogP contribution in [0.3, 0.4) is 0 Å². The van der Waals surface area contributed by atoms with Crippen molar-refractivity contribution in [3.8, 4) is 0 Å². The molecule has 3 rings (SSSR count). The number of ketones is 1. The van der Waals surface area contributed by atoms with E-state index in [2.05, 4.69) is 0 Å². The van der Waals surface area contributed by atoms with Gasteiger partial charge < -0.3 is 10.0 Å². The second kappa shape index (κ2) is 6.09. The van der Waals surface area contributed by atoms with Gasteiger partial charge in [0, 0.05) is 23.2 Å². The van der Waals surface area contributed by atoms with Crippen LogP contribution in [0.2, 0.25) is 5.02 Å². The lowest BCUT2D eigenvalue weighted by Gasteiger charge is -2.21. The lowest BCUT2D eigenvalue weighted by atomic mass is 9.95. The lowest BCUT2D eigenvalue weighted by Crippen LogP contribution is -2.25. The molecule has 0 unspecified atom stereocenters. The highest BCUT2D eigenvalue weighted by molar-refractivity contribution is 6.46. The fraction of sp³-hybridized carbons (Fsp3) is 0.111. The van der Waals surface area contributed by atoms with Crippen LogP contribution in [-0.4, -0.2) is 28.7 Å². The average Bonchev–Trinajstić information content (AvgIpc) is 2.79. The largest absolute Gasteiger partial charge is 0.507 e. The second-order valence-corrected chi connectivity index (χ2v) is 5.87. The highest BCUT2D eigenvalue weighted by Gasteiger charge is 2.45.